The monoisotopic (exact) mass is 313 g/mol. The van der Waals surface area contributed by atoms with Gasteiger partial charge in [-0.2, -0.15) is 0 Å². The van der Waals surface area contributed by atoms with Crippen molar-refractivity contribution in [3.8, 4) is 0 Å². The standard InChI is InChI=1S/C18H23N3O2/c1-4-12-21(18(23)16-10-11-19-13(16)2)14(3)17(22)20-15-8-6-5-7-9-15/h5-11,14,19H,4,12H2,1-3H3,(H,20,22). The van der Waals surface area contributed by atoms with Gasteiger partial charge in [-0.3, -0.25) is 9.59 Å². The Labute approximate surface area is 136 Å². The van der Waals surface area contributed by atoms with Crippen molar-refractivity contribution >= 4 is 17.5 Å². The Bertz CT molecular complexity index is 664. The number of amides is 2. The van der Waals surface area contributed by atoms with E-state index in [-0.39, 0.29) is 11.8 Å². The van der Waals surface area contributed by atoms with Crippen LogP contribution in [0.1, 0.15) is 36.3 Å². The van der Waals surface area contributed by atoms with E-state index in [4.69, 9.17) is 0 Å². The number of aryl methyl sites for hydroxylation is 1. The minimum absolute atomic E-state index is 0.124. The maximum Gasteiger partial charge on any atom is 0.256 e. The number of aromatic amines is 1. The van der Waals surface area contributed by atoms with Crippen LogP contribution in [0.4, 0.5) is 5.69 Å². The summed E-state index contributed by atoms with van der Waals surface area (Å²) in [4.78, 5) is 29.8. The zero-order valence-electron chi connectivity index (χ0n) is 13.8. The number of aromatic nitrogens is 1. The van der Waals surface area contributed by atoms with E-state index in [1.165, 1.54) is 0 Å². The van der Waals surface area contributed by atoms with Crippen molar-refractivity contribution in [2.45, 2.75) is 33.2 Å². The molecule has 0 aliphatic rings. The normalized spacial score (nSPS) is 11.8. The van der Waals surface area contributed by atoms with Gasteiger partial charge in [0.1, 0.15) is 6.04 Å². The van der Waals surface area contributed by atoms with Crippen LogP contribution in [0.5, 0.6) is 0 Å². The minimum Gasteiger partial charge on any atom is -0.365 e. The molecule has 1 aromatic heterocycles. The first-order chi connectivity index (χ1) is 11.0. The van der Waals surface area contributed by atoms with Gasteiger partial charge in [-0.1, -0.05) is 25.1 Å². The second-order valence-corrected chi connectivity index (χ2v) is 5.55. The third kappa shape index (κ3) is 4.00. The fourth-order valence-electron chi connectivity index (χ4n) is 2.46. The molecule has 23 heavy (non-hydrogen) atoms. The highest BCUT2D eigenvalue weighted by atomic mass is 16.2. The molecular weight excluding hydrogens is 290 g/mol. The lowest BCUT2D eigenvalue weighted by atomic mass is 10.1. The molecule has 122 valence electrons. The smallest absolute Gasteiger partial charge is 0.256 e. The SMILES string of the molecule is CCCN(C(=O)c1cc[nH]c1C)C(C)C(=O)Nc1ccccc1. The Morgan fingerprint density at radius 3 is 2.48 bits per heavy atom. The van der Waals surface area contributed by atoms with Gasteiger partial charge in [-0.15, -0.1) is 0 Å². The van der Waals surface area contributed by atoms with E-state index in [1.807, 2.05) is 44.2 Å². The van der Waals surface area contributed by atoms with E-state index < -0.39 is 6.04 Å². The topological polar surface area (TPSA) is 65.2 Å². The highest BCUT2D eigenvalue weighted by molar-refractivity contribution is 6.01. The van der Waals surface area contributed by atoms with Crippen molar-refractivity contribution in [1.82, 2.24) is 9.88 Å². The lowest BCUT2D eigenvalue weighted by Crippen LogP contribution is -2.46. The maximum absolute atomic E-state index is 12.7. The van der Waals surface area contributed by atoms with Gasteiger partial charge in [0.25, 0.3) is 5.91 Å². The number of carbonyl (C=O) groups excluding carboxylic acids is 2. The van der Waals surface area contributed by atoms with E-state index in [9.17, 15) is 9.59 Å². The molecule has 0 aliphatic carbocycles. The molecule has 0 spiro atoms. The molecule has 1 heterocycles. The Morgan fingerprint density at radius 1 is 1.22 bits per heavy atom. The van der Waals surface area contributed by atoms with E-state index in [0.717, 1.165) is 17.8 Å². The zero-order chi connectivity index (χ0) is 16.8. The molecule has 0 bridgehead atoms. The molecule has 0 radical (unpaired) electrons. The van der Waals surface area contributed by atoms with Crippen LogP contribution in [0, 0.1) is 6.92 Å². The van der Waals surface area contributed by atoms with E-state index >= 15 is 0 Å². The maximum atomic E-state index is 12.7. The van der Waals surface area contributed by atoms with Crippen LogP contribution in [-0.4, -0.2) is 34.3 Å². The van der Waals surface area contributed by atoms with Gasteiger partial charge in [-0.25, -0.2) is 0 Å². The number of rotatable bonds is 6. The van der Waals surface area contributed by atoms with Crippen LogP contribution in [-0.2, 0) is 4.79 Å². The number of nitrogens with zero attached hydrogens (tertiary/aromatic N) is 1. The molecule has 0 aliphatic heterocycles. The third-order valence-corrected chi connectivity index (χ3v) is 3.80. The van der Waals surface area contributed by atoms with E-state index in [2.05, 4.69) is 10.3 Å². The van der Waals surface area contributed by atoms with E-state index in [1.54, 1.807) is 24.1 Å². The number of hydrogen-bond acceptors (Lipinski definition) is 2. The van der Waals surface area contributed by atoms with Gasteiger partial charge >= 0.3 is 0 Å². The first-order valence-corrected chi connectivity index (χ1v) is 7.85. The Balaban J connectivity index is 2.14. The highest BCUT2D eigenvalue weighted by Gasteiger charge is 2.27. The highest BCUT2D eigenvalue weighted by Crippen LogP contribution is 2.14. The van der Waals surface area contributed by atoms with Crippen molar-refractivity contribution < 1.29 is 9.59 Å². The number of anilines is 1. The van der Waals surface area contributed by atoms with Crippen LogP contribution in [0.25, 0.3) is 0 Å². The summed E-state index contributed by atoms with van der Waals surface area (Å²) in [5.41, 5.74) is 2.15. The van der Waals surface area contributed by atoms with E-state index in [0.29, 0.717) is 12.1 Å². The predicted molar refractivity (Wildman–Crippen MR) is 91.4 cm³/mol. The quantitative estimate of drug-likeness (QED) is 0.860. The Morgan fingerprint density at radius 2 is 1.91 bits per heavy atom. The van der Waals surface area contributed by atoms with Crippen LogP contribution >= 0.6 is 0 Å². The molecule has 0 saturated heterocycles. The molecule has 1 aromatic carbocycles. The summed E-state index contributed by atoms with van der Waals surface area (Å²) in [6, 6.07) is 10.5. The van der Waals surface area contributed by atoms with Crippen LogP contribution < -0.4 is 5.32 Å². The number of benzene rings is 1. The number of H-pyrrole nitrogens is 1. The van der Waals surface area contributed by atoms with Gasteiger partial charge in [0.2, 0.25) is 5.91 Å². The first kappa shape index (κ1) is 16.8. The molecule has 1 atom stereocenters. The fraction of sp³-hybridized carbons (Fsp3) is 0.333. The molecule has 0 fully saturated rings. The van der Waals surface area contributed by atoms with Crippen molar-refractivity contribution in [1.29, 1.82) is 0 Å². The number of hydrogen-bond donors (Lipinski definition) is 2. The molecule has 2 N–H and O–H groups in total. The molecule has 2 rings (SSSR count). The lowest BCUT2D eigenvalue weighted by Gasteiger charge is -2.28. The molecule has 2 amide bonds. The van der Waals surface area contributed by atoms with Crippen molar-refractivity contribution in [2.75, 3.05) is 11.9 Å². The second kappa shape index (κ2) is 7.63. The zero-order valence-corrected chi connectivity index (χ0v) is 13.8. The summed E-state index contributed by atoms with van der Waals surface area (Å²) in [5.74, 6) is -0.312. The third-order valence-electron chi connectivity index (χ3n) is 3.80. The second-order valence-electron chi connectivity index (χ2n) is 5.55. The molecular formula is C18H23N3O2. The molecule has 2 aromatic rings. The van der Waals surface area contributed by atoms with Gasteiger partial charge < -0.3 is 15.2 Å². The Hall–Kier alpha value is -2.56. The summed E-state index contributed by atoms with van der Waals surface area (Å²) in [7, 11) is 0. The molecule has 1 unspecified atom stereocenters. The summed E-state index contributed by atoms with van der Waals surface area (Å²) in [6.45, 7) is 6.14. The number of carbonyl (C=O) groups is 2. The van der Waals surface area contributed by atoms with Crippen molar-refractivity contribution in [3.63, 3.8) is 0 Å². The van der Waals surface area contributed by atoms with Crippen LogP contribution in [0.15, 0.2) is 42.6 Å². The number of para-hydroxylation sites is 1. The summed E-state index contributed by atoms with van der Waals surface area (Å²) < 4.78 is 0. The predicted octanol–water partition coefficient (Wildman–Crippen LogP) is 3.20. The number of nitrogens with one attached hydrogen (secondary N) is 2. The summed E-state index contributed by atoms with van der Waals surface area (Å²) >= 11 is 0. The average molecular weight is 313 g/mol. The largest absolute Gasteiger partial charge is 0.365 e. The minimum atomic E-state index is -0.544. The van der Waals surface area contributed by atoms with Gasteiger partial charge in [0.05, 0.1) is 5.56 Å². The van der Waals surface area contributed by atoms with Crippen molar-refractivity contribution in [2.24, 2.45) is 0 Å². The molecule has 0 saturated carbocycles. The van der Waals surface area contributed by atoms with Gasteiger partial charge in [0, 0.05) is 24.1 Å². The fourth-order valence-corrected chi connectivity index (χ4v) is 2.46. The first-order valence-electron chi connectivity index (χ1n) is 7.85. The van der Waals surface area contributed by atoms with Gasteiger partial charge in [-0.05, 0) is 38.5 Å². The summed E-state index contributed by atoms with van der Waals surface area (Å²) in [6.07, 6.45) is 2.53. The van der Waals surface area contributed by atoms with Crippen LogP contribution in [0.2, 0.25) is 0 Å². The average Bonchev–Trinajstić information content (AvgIpc) is 2.98. The molecule has 5 heteroatoms. The van der Waals surface area contributed by atoms with Crippen LogP contribution in [0.3, 0.4) is 0 Å². The summed E-state index contributed by atoms with van der Waals surface area (Å²) in [5, 5.41) is 2.85. The van der Waals surface area contributed by atoms with Gasteiger partial charge in [0.15, 0.2) is 0 Å². The molecule has 5 nitrogen and oxygen atoms in total. The van der Waals surface area contributed by atoms with Crippen molar-refractivity contribution in [3.05, 3.63) is 53.9 Å². The Kier molecular flexibility index (Phi) is 5.57. The lowest BCUT2D eigenvalue weighted by molar-refractivity contribution is -0.120.